The summed E-state index contributed by atoms with van der Waals surface area (Å²) in [6.07, 6.45) is 5.31. The molecular formula is C13H27N3. The summed E-state index contributed by atoms with van der Waals surface area (Å²) in [6, 6.07) is 1.50. The highest BCUT2D eigenvalue weighted by Gasteiger charge is 2.26. The largest absolute Gasteiger partial charge is 0.317 e. The SMILES string of the molecule is CC1CN(C)CCC1NC1CCCNCC1. The molecule has 0 bridgehead atoms. The van der Waals surface area contributed by atoms with Crippen LogP contribution in [0.5, 0.6) is 0 Å². The van der Waals surface area contributed by atoms with Gasteiger partial charge < -0.3 is 15.5 Å². The molecule has 0 saturated carbocycles. The van der Waals surface area contributed by atoms with E-state index in [9.17, 15) is 0 Å². The average molecular weight is 225 g/mol. The molecule has 2 aliphatic rings. The smallest absolute Gasteiger partial charge is 0.0120 e. The molecule has 94 valence electrons. The molecule has 2 saturated heterocycles. The Kier molecular flexibility index (Phi) is 4.62. The first kappa shape index (κ1) is 12.3. The van der Waals surface area contributed by atoms with Crippen molar-refractivity contribution in [2.24, 2.45) is 5.92 Å². The summed E-state index contributed by atoms with van der Waals surface area (Å²) < 4.78 is 0. The number of nitrogens with zero attached hydrogens (tertiary/aromatic N) is 1. The maximum absolute atomic E-state index is 3.90. The number of likely N-dealkylation sites (tertiary alicyclic amines) is 1. The summed E-state index contributed by atoms with van der Waals surface area (Å²) in [5.74, 6) is 0.801. The Labute approximate surface area is 100.0 Å². The molecule has 0 aromatic rings. The van der Waals surface area contributed by atoms with Crippen molar-refractivity contribution < 1.29 is 0 Å². The van der Waals surface area contributed by atoms with Crippen molar-refractivity contribution in [3.05, 3.63) is 0 Å². The molecule has 0 aliphatic carbocycles. The van der Waals surface area contributed by atoms with Gasteiger partial charge in [0.25, 0.3) is 0 Å². The first-order valence-electron chi connectivity index (χ1n) is 6.91. The minimum atomic E-state index is 0.749. The zero-order valence-electron chi connectivity index (χ0n) is 10.8. The monoisotopic (exact) mass is 225 g/mol. The molecule has 0 spiro atoms. The van der Waals surface area contributed by atoms with Gasteiger partial charge in [-0.25, -0.2) is 0 Å². The van der Waals surface area contributed by atoms with E-state index in [2.05, 4.69) is 29.5 Å². The summed E-state index contributed by atoms with van der Waals surface area (Å²) >= 11 is 0. The molecular weight excluding hydrogens is 198 g/mol. The predicted octanol–water partition coefficient (Wildman–Crippen LogP) is 1.06. The van der Waals surface area contributed by atoms with Crippen molar-refractivity contribution in [3.63, 3.8) is 0 Å². The Hall–Kier alpha value is -0.120. The Bertz CT molecular complexity index is 199. The van der Waals surface area contributed by atoms with Crippen LogP contribution in [0.1, 0.15) is 32.6 Å². The Morgan fingerprint density at radius 2 is 2.06 bits per heavy atom. The Morgan fingerprint density at radius 3 is 2.88 bits per heavy atom. The van der Waals surface area contributed by atoms with Crippen molar-refractivity contribution in [2.75, 3.05) is 33.2 Å². The third kappa shape index (κ3) is 3.44. The van der Waals surface area contributed by atoms with Crippen LogP contribution in [0.4, 0.5) is 0 Å². The molecule has 0 aromatic carbocycles. The summed E-state index contributed by atoms with van der Waals surface area (Å²) in [7, 11) is 2.24. The van der Waals surface area contributed by atoms with E-state index in [1.54, 1.807) is 0 Å². The number of nitrogens with one attached hydrogen (secondary N) is 2. The van der Waals surface area contributed by atoms with Crippen LogP contribution < -0.4 is 10.6 Å². The number of hydrogen-bond acceptors (Lipinski definition) is 3. The maximum Gasteiger partial charge on any atom is 0.0120 e. The highest BCUT2D eigenvalue weighted by atomic mass is 15.1. The normalized spacial score (nSPS) is 38.2. The van der Waals surface area contributed by atoms with Crippen LogP contribution in [0.2, 0.25) is 0 Å². The van der Waals surface area contributed by atoms with Crippen LogP contribution in [-0.2, 0) is 0 Å². The summed E-state index contributed by atoms with van der Waals surface area (Å²) in [5, 5.41) is 7.39. The molecule has 2 rings (SSSR count). The molecule has 2 aliphatic heterocycles. The quantitative estimate of drug-likeness (QED) is 0.736. The summed E-state index contributed by atoms with van der Waals surface area (Å²) in [6.45, 7) is 7.30. The molecule has 3 heteroatoms. The zero-order chi connectivity index (χ0) is 11.4. The molecule has 3 unspecified atom stereocenters. The third-order valence-electron chi connectivity index (χ3n) is 4.13. The number of piperidine rings is 1. The van der Waals surface area contributed by atoms with E-state index in [-0.39, 0.29) is 0 Å². The van der Waals surface area contributed by atoms with E-state index < -0.39 is 0 Å². The van der Waals surface area contributed by atoms with Crippen molar-refractivity contribution in [1.29, 1.82) is 0 Å². The van der Waals surface area contributed by atoms with Gasteiger partial charge in [0.1, 0.15) is 0 Å². The van der Waals surface area contributed by atoms with Crippen molar-refractivity contribution in [2.45, 2.75) is 44.7 Å². The van der Waals surface area contributed by atoms with Gasteiger partial charge in [-0.1, -0.05) is 6.92 Å². The molecule has 3 atom stereocenters. The van der Waals surface area contributed by atoms with Crippen LogP contribution in [0, 0.1) is 5.92 Å². The van der Waals surface area contributed by atoms with Crippen molar-refractivity contribution >= 4 is 0 Å². The first-order chi connectivity index (χ1) is 7.75. The molecule has 2 heterocycles. The van der Waals surface area contributed by atoms with Crippen LogP contribution in [0.3, 0.4) is 0 Å². The lowest BCUT2D eigenvalue weighted by atomic mass is 9.92. The topological polar surface area (TPSA) is 27.3 Å². The lowest BCUT2D eigenvalue weighted by molar-refractivity contribution is 0.163. The summed E-state index contributed by atoms with van der Waals surface area (Å²) in [5.41, 5.74) is 0. The fraction of sp³-hybridized carbons (Fsp3) is 1.00. The van der Waals surface area contributed by atoms with Gasteiger partial charge in [-0.15, -0.1) is 0 Å². The molecule has 2 fully saturated rings. The van der Waals surface area contributed by atoms with Gasteiger partial charge in [-0.2, -0.15) is 0 Å². The molecule has 0 radical (unpaired) electrons. The highest BCUT2D eigenvalue weighted by molar-refractivity contribution is 4.85. The van der Waals surface area contributed by atoms with Crippen LogP contribution in [-0.4, -0.2) is 50.2 Å². The maximum atomic E-state index is 3.90. The van der Waals surface area contributed by atoms with Gasteiger partial charge in [0.05, 0.1) is 0 Å². The van der Waals surface area contributed by atoms with Crippen LogP contribution in [0.25, 0.3) is 0 Å². The van der Waals surface area contributed by atoms with E-state index >= 15 is 0 Å². The fourth-order valence-corrected chi connectivity index (χ4v) is 3.09. The molecule has 0 amide bonds. The van der Waals surface area contributed by atoms with Crippen molar-refractivity contribution in [3.8, 4) is 0 Å². The Balaban J connectivity index is 1.79. The lowest BCUT2D eigenvalue weighted by Gasteiger charge is -2.37. The van der Waals surface area contributed by atoms with E-state index in [1.807, 2.05) is 0 Å². The van der Waals surface area contributed by atoms with Gasteiger partial charge in [-0.3, -0.25) is 0 Å². The number of hydrogen-bond donors (Lipinski definition) is 2. The van der Waals surface area contributed by atoms with Crippen LogP contribution in [0.15, 0.2) is 0 Å². The van der Waals surface area contributed by atoms with Crippen molar-refractivity contribution in [1.82, 2.24) is 15.5 Å². The van der Waals surface area contributed by atoms with E-state index in [4.69, 9.17) is 0 Å². The predicted molar refractivity (Wildman–Crippen MR) is 68.7 cm³/mol. The molecule has 16 heavy (non-hydrogen) atoms. The highest BCUT2D eigenvalue weighted by Crippen LogP contribution is 2.17. The molecule has 2 N–H and O–H groups in total. The second-order valence-electron chi connectivity index (χ2n) is 5.68. The standard InChI is InChI=1S/C13H27N3/c1-11-10-16(2)9-6-13(11)15-12-4-3-7-14-8-5-12/h11-15H,3-10H2,1-2H3. The van der Waals surface area contributed by atoms with E-state index in [1.165, 1.54) is 51.9 Å². The molecule has 0 aromatic heterocycles. The van der Waals surface area contributed by atoms with Crippen LogP contribution >= 0.6 is 0 Å². The van der Waals surface area contributed by atoms with E-state index in [0.29, 0.717) is 0 Å². The minimum Gasteiger partial charge on any atom is -0.317 e. The van der Waals surface area contributed by atoms with Gasteiger partial charge in [-0.05, 0) is 58.3 Å². The molecule has 3 nitrogen and oxygen atoms in total. The average Bonchev–Trinajstić information content (AvgIpc) is 2.51. The van der Waals surface area contributed by atoms with Gasteiger partial charge in [0.2, 0.25) is 0 Å². The lowest BCUT2D eigenvalue weighted by Crippen LogP contribution is -2.50. The van der Waals surface area contributed by atoms with Gasteiger partial charge in [0.15, 0.2) is 0 Å². The first-order valence-corrected chi connectivity index (χ1v) is 6.91. The summed E-state index contributed by atoms with van der Waals surface area (Å²) in [4.78, 5) is 2.46. The van der Waals surface area contributed by atoms with E-state index in [0.717, 1.165) is 18.0 Å². The third-order valence-corrected chi connectivity index (χ3v) is 4.13. The number of rotatable bonds is 2. The Morgan fingerprint density at radius 1 is 1.19 bits per heavy atom. The van der Waals surface area contributed by atoms with Gasteiger partial charge in [0, 0.05) is 18.6 Å². The minimum absolute atomic E-state index is 0.749. The second-order valence-corrected chi connectivity index (χ2v) is 5.68. The fourth-order valence-electron chi connectivity index (χ4n) is 3.09. The van der Waals surface area contributed by atoms with Gasteiger partial charge >= 0.3 is 0 Å². The second kappa shape index (κ2) is 5.99. The zero-order valence-corrected chi connectivity index (χ0v) is 10.8.